The average molecular weight is 368 g/mol. The number of aromatic amines is 1. The topological polar surface area (TPSA) is 50.4 Å². The van der Waals surface area contributed by atoms with Gasteiger partial charge in [0.25, 0.3) is 5.82 Å². The number of rotatable bonds is 2. The van der Waals surface area contributed by atoms with E-state index in [4.69, 9.17) is 4.74 Å². The maximum absolute atomic E-state index is 13.6. The largest absolute Gasteiger partial charge is 0.418 e. The van der Waals surface area contributed by atoms with E-state index in [0.29, 0.717) is 23.7 Å². The van der Waals surface area contributed by atoms with Gasteiger partial charge < -0.3 is 4.74 Å². The number of thiophene rings is 1. The maximum atomic E-state index is 13.6. The number of anilines is 1. The lowest BCUT2D eigenvalue weighted by Gasteiger charge is -2.31. The molecule has 0 aromatic carbocycles. The molecule has 2 atom stereocenters. The number of alkyl halides is 3. The van der Waals surface area contributed by atoms with Crippen molar-refractivity contribution in [2.45, 2.75) is 32.2 Å². The number of pyridine rings is 1. The fourth-order valence-electron chi connectivity index (χ4n) is 3.07. The number of hydrogen-bond donors (Lipinski definition) is 0. The number of H-pyrrole nitrogens is 1. The molecule has 1 saturated heterocycles. The van der Waals surface area contributed by atoms with Crippen LogP contribution in [-0.4, -0.2) is 25.3 Å². The molecular formula is C17H17F3N3OS+. The summed E-state index contributed by atoms with van der Waals surface area (Å²) in [5, 5.41) is 11.2. The van der Waals surface area contributed by atoms with E-state index in [1.165, 1.54) is 11.3 Å². The Morgan fingerprint density at radius 2 is 2.00 bits per heavy atom. The summed E-state index contributed by atoms with van der Waals surface area (Å²) >= 11 is 1.34. The number of halogens is 3. The molecule has 4 nitrogen and oxygen atoms in total. The Morgan fingerprint density at radius 3 is 2.52 bits per heavy atom. The van der Waals surface area contributed by atoms with Crippen LogP contribution in [0.25, 0.3) is 10.6 Å². The zero-order valence-electron chi connectivity index (χ0n) is 13.7. The van der Waals surface area contributed by atoms with Gasteiger partial charge in [0.05, 0.1) is 22.6 Å². The molecule has 0 radical (unpaired) electrons. The standard InChI is InChI=1S/C17H16F3N3OS/c1-10-8-23(9-11(2)24-10)16-12(7-21)13(17(18,19)20)6-14(22-16)15-4-3-5-25-15/h3-6,10-11H,8-9H2,1-2H3/p+1/t10-,11-/m0/s1. The predicted octanol–water partition coefficient (Wildman–Crippen LogP) is 3.73. The highest BCUT2D eigenvalue weighted by atomic mass is 32.1. The van der Waals surface area contributed by atoms with Crippen LogP contribution >= 0.6 is 11.3 Å². The van der Waals surface area contributed by atoms with Crippen LogP contribution in [0.4, 0.5) is 19.0 Å². The first-order chi connectivity index (χ1) is 11.8. The van der Waals surface area contributed by atoms with Crippen LogP contribution in [0.3, 0.4) is 0 Å². The molecule has 0 spiro atoms. The molecule has 1 aliphatic rings. The molecule has 0 unspecified atom stereocenters. The number of aromatic nitrogens is 1. The van der Waals surface area contributed by atoms with E-state index >= 15 is 0 Å². The molecule has 2 aromatic heterocycles. The first-order valence-electron chi connectivity index (χ1n) is 7.81. The fourth-order valence-corrected chi connectivity index (χ4v) is 3.77. The van der Waals surface area contributed by atoms with Crippen LogP contribution in [0.5, 0.6) is 0 Å². The van der Waals surface area contributed by atoms with Crippen LogP contribution in [0, 0.1) is 11.3 Å². The third kappa shape index (κ3) is 3.62. The van der Waals surface area contributed by atoms with E-state index in [1.54, 1.807) is 28.5 Å². The number of hydrogen-bond acceptors (Lipinski definition) is 4. The molecule has 3 rings (SSSR count). The monoisotopic (exact) mass is 368 g/mol. The highest BCUT2D eigenvalue weighted by Gasteiger charge is 2.40. The number of nitrogens with one attached hydrogen (secondary N) is 1. The second-order valence-corrected chi connectivity index (χ2v) is 7.02. The lowest BCUT2D eigenvalue weighted by Crippen LogP contribution is -2.48. The van der Waals surface area contributed by atoms with E-state index in [9.17, 15) is 18.4 Å². The van der Waals surface area contributed by atoms with Crippen molar-refractivity contribution >= 4 is 17.2 Å². The second-order valence-electron chi connectivity index (χ2n) is 6.07. The molecule has 132 valence electrons. The first kappa shape index (κ1) is 17.7. The number of nitriles is 1. The van der Waals surface area contributed by atoms with Gasteiger partial charge in [0, 0.05) is 6.07 Å². The zero-order valence-corrected chi connectivity index (χ0v) is 14.5. The Kier molecular flexibility index (Phi) is 4.71. The minimum absolute atomic E-state index is 0.136. The summed E-state index contributed by atoms with van der Waals surface area (Å²) in [5.41, 5.74) is -0.948. The zero-order chi connectivity index (χ0) is 18.2. The van der Waals surface area contributed by atoms with Crippen LogP contribution in [0.2, 0.25) is 0 Å². The number of ether oxygens (including phenoxy) is 1. The van der Waals surface area contributed by atoms with Crippen molar-refractivity contribution < 1.29 is 22.9 Å². The van der Waals surface area contributed by atoms with Gasteiger partial charge in [-0.15, -0.1) is 11.3 Å². The van der Waals surface area contributed by atoms with Crippen molar-refractivity contribution in [2.75, 3.05) is 18.0 Å². The van der Waals surface area contributed by atoms with Gasteiger partial charge in [-0.05, 0) is 25.3 Å². The Hall–Kier alpha value is -2.11. The number of nitrogens with zero attached hydrogens (tertiary/aromatic N) is 2. The fraction of sp³-hybridized carbons (Fsp3) is 0.412. The van der Waals surface area contributed by atoms with Crippen molar-refractivity contribution in [3.05, 3.63) is 34.7 Å². The van der Waals surface area contributed by atoms with E-state index in [0.717, 1.165) is 6.07 Å². The summed E-state index contributed by atoms with van der Waals surface area (Å²) in [4.78, 5) is 5.50. The molecular weight excluding hydrogens is 351 g/mol. The highest BCUT2D eigenvalue weighted by molar-refractivity contribution is 7.13. The van der Waals surface area contributed by atoms with E-state index in [-0.39, 0.29) is 23.6 Å². The molecule has 1 aliphatic heterocycles. The molecule has 2 aromatic rings. The van der Waals surface area contributed by atoms with Gasteiger partial charge in [0.15, 0.2) is 5.56 Å². The lowest BCUT2D eigenvalue weighted by atomic mass is 10.1. The molecule has 0 bridgehead atoms. The molecule has 1 fully saturated rings. The summed E-state index contributed by atoms with van der Waals surface area (Å²) in [7, 11) is 0. The van der Waals surface area contributed by atoms with Crippen molar-refractivity contribution in [3.63, 3.8) is 0 Å². The van der Waals surface area contributed by atoms with Gasteiger partial charge in [-0.3, -0.25) is 4.90 Å². The smallest absolute Gasteiger partial charge is 0.367 e. The second kappa shape index (κ2) is 6.65. The minimum Gasteiger partial charge on any atom is -0.367 e. The third-order valence-corrected chi connectivity index (χ3v) is 4.89. The van der Waals surface area contributed by atoms with E-state index in [1.807, 2.05) is 13.8 Å². The lowest BCUT2D eigenvalue weighted by molar-refractivity contribution is -0.352. The van der Waals surface area contributed by atoms with Crippen molar-refractivity contribution in [2.24, 2.45) is 0 Å². The Balaban J connectivity index is 2.18. The molecule has 0 aliphatic carbocycles. The summed E-state index contributed by atoms with van der Waals surface area (Å²) in [6.45, 7) is 4.56. The van der Waals surface area contributed by atoms with Crippen LogP contribution in [0.15, 0.2) is 23.6 Å². The molecule has 25 heavy (non-hydrogen) atoms. The van der Waals surface area contributed by atoms with Gasteiger partial charge in [-0.2, -0.15) is 18.4 Å². The first-order valence-corrected chi connectivity index (χ1v) is 8.69. The van der Waals surface area contributed by atoms with Crippen molar-refractivity contribution in [1.82, 2.24) is 0 Å². The molecule has 0 amide bonds. The summed E-state index contributed by atoms with van der Waals surface area (Å²) in [6, 6.07) is 6.28. The molecule has 8 heteroatoms. The summed E-state index contributed by atoms with van der Waals surface area (Å²) in [5.74, 6) is 0.197. The minimum atomic E-state index is -4.61. The maximum Gasteiger partial charge on any atom is 0.418 e. The van der Waals surface area contributed by atoms with Crippen LogP contribution in [0.1, 0.15) is 25.0 Å². The third-order valence-electron chi connectivity index (χ3n) is 3.99. The summed E-state index contributed by atoms with van der Waals surface area (Å²) in [6.07, 6.45) is -4.88. The molecule has 0 saturated carbocycles. The highest BCUT2D eigenvalue weighted by Crippen LogP contribution is 2.37. The van der Waals surface area contributed by atoms with Gasteiger partial charge in [-0.25, -0.2) is 4.98 Å². The van der Waals surface area contributed by atoms with Crippen molar-refractivity contribution in [3.8, 4) is 16.6 Å². The predicted molar refractivity (Wildman–Crippen MR) is 88.2 cm³/mol. The van der Waals surface area contributed by atoms with E-state index in [2.05, 4.69) is 4.98 Å². The Bertz CT molecular complexity index is 789. The average Bonchev–Trinajstić information content (AvgIpc) is 3.06. The quantitative estimate of drug-likeness (QED) is 0.812. The molecule has 1 N–H and O–H groups in total. The van der Waals surface area contributed by atoms with Crippen LogP contribution < -0.4 is 9.88 Å². The Morgan fingerprint density at radius 1 is 1.32 bits per heavy atom. The van der Waals surface area contributed by atoms with E-state index < -0.39 is 11.7 Å². The Labute approximate surface area is 147 Å². The van der Waals surface area contributed by atoms with Gasteiger partial charge >= 0.3 is 6.18 Å². The van der Waals surface area contributed by atoms with Gasteiger partial charge in [0.1, 0.15) is 24.9 Å². The SMILES string of the molecule is C[C@H]1CN(c2[nH+]c(-c3cccs3)cc(C(F)(F)F)c2C#N)C[C@H](C)O1. The molecule has 3 heterocycles. The van der Waals surface area contributed by atoms with Crippen LogP contribution in [-0.2, 0) is 10.9 Å². The van der Waals surface area contributed by atoms with Gasteiger partial charge in [-0.1, -0.05) is 6.07 Å². The normalized spacial score (nSPS) is 21.2. The van der Waals surface area contributed by atoms with Crippen molar-refractivity contribution in [1.29, 1.82) is 5.26 Å². The number of morpholine rings is 1. The van der Waals surface area contributed by atoms with Gasteiger partial charge in [0.2, 0.25) is 0 Å². The summed E-state index contributed by atoms with van der Waals surface area (Å²) < 4.78 is 46.3.